The van der Waals surface area contributed by atoms with Crippen molar-refractivity contribution in [3.63, 3.8) is 0 Å². The second-order valence-electron chi connectivity index (χ2n) is 2.42. The van der Waals surface area contributed by atoms with Crippen LogP contribution in [0.2, 0.25) is 0 Å². The lowest BCUT2D eigenvalue weighted by Crippen LogP contribution is -1.88. The van der Waals surface area contributed by atoms with Gasteiger partial charge in [-0.25, -0.2) is 9.37 Å². The molecule has 13 heavy (non-hydrogen) atoms. The molecule has 0 aliphatic heterocycles. The molecule has 0 amide bonds. The van der Waals surface area contributed by atoms with Crippen molar-refractivity contribution in [2.75, 3.05) is 6.61 Å². The predicted octanol–water partition coefficient (Wildman–Crippen LogP) is 1.28. The Morgan fingerprint density at radius 3 is 3.00 bits per heavy atom. The number of rotatable bonds is 2. The van der Waals surface area contributed by atoms with Gasteiger partial charge in [-0.2, -0.15) is 0 Å². The van der Waals surface area contributed by atoms with Gasteiger partial charge in [0.2, 0.25) is 0 Å². The first-order chi connectivity index (χ1) is 6.36. The van der Waals surface area contributed by atoms with E-state index in [1.807, 2.05) is 0 Å². The molecule has 1 heterocycles. The van der Waals surface area contributed by atoms with E-state index in [1.165, 1.54) is 0 Å². The maximum Gasteiger partial charge on any atom is 0.131 e. The zero-order chi connectivity index (χ0) is 9.52. The first-order valence-corrected chi connectivity index (χ1v) is 3.98. The molecule has 0 saturated heterocycles. The summed E-state index contributed by atoms with van der Waals surface area (Å²) in [5, 5.41) is 8.46. The van der Waals surface area contributed by atoms with Crippen molar-refractivity contribution in [3.05, 3.63) is 29.6 Å². The fraction of sp³-hybridized carbons (Fsp3) is 0.300. The minimum Gasteiger partial charge on any atom is -0.395 e. The first kappa shape index (κ1) is 9.69. The standard InChI is InChI=1S/C10H10FNO/c11-8-10-6-3-5-9(12-10)4-1-2-7-13/h3,5-6,13H,2,7-8H2. The Hall–Kier alpha value is -1.40. The smallest absolute Gasteiger partial charge is 0.131 e. The van der Waals surface area contributed by atoms with Crippen molar-refractivity contribution < 1.29 is 9.50 Å². The minimum atomic E-state index is -0.574. The highest BCUT2D eigenvalue weighted by Crippen LogP contribution is 1.99. The maximum atomic E-state index is 12.1. The number of nitrogens with zero attached hydrogens (tertiary/aromatic N) is 1. The summed E-state index contributed by atoms with van der Waals surface area (Å²) in [7, 11) is 0. The summed E-state index contributed by atoms with van der Waals surface area (Å²) in [6, 6.07) is 5.03. The molecule has 1 aromatic heterocycles. The molecular weight excluding hydrogens is 169 g/mol. The van der Waals surface area contributed by atoms with Gasteiger partial charge in [0.05, 0.1) is 12.3 Å². The number of aromatic nitrogens is 1. The van der Waals surface area contributed by atoms with E-state index in [9.17, 15) is 4.39 Å². The van der Waals surface area contributed by atoms with Crippen LogP contribution >= 0.6 is 0 Å². The third kappa shape index (κ3) is 3.22. The van der Waals surface area contributed by atoms with Crippen molar-refractivity contribution >= 4 is 0 Å². The fourth-order valence-corrected chi connectivity index (χ4v) is 0.833. The summed E-state index contributed by atoms with van der Waals surface area (Å²) >= 11 is 0. The van der Waals surface area contributed by atoms with E-state index < -0.39 is 6.67 Å². The third-order valence-corrected chi connectivity index (χ3v) is 1.40. The normalized spacial score (nSPS) is 9.08. The molecule has 1 N–H and O–H groups in total. The van der Waals surface area contributed by atoms with Gasteiger partial charge in [0.25, 0.3) is 0 Å². The van der Waals surface area contributed by atoms with E-state index in [0.29, 0.717) is 17.8 Å². The van der Waals surface area contributed by atoms with Crippen molar-refractivity contribution in [1.82, 2.24) is 4.98 Å². The van der Waals surface area contributed by atoms with Gasteiger partial charge in [0, 0.05) is 6.42 Å². The van der Waals surface area contributed by atoms with Crippen LogP contribution in [0.5, 0.6) is 0 Å². The molecule has 1 rings (SSSR count). The number of hydrogen-bond acceptors (Lipinski definition) is 2. The Kier molecular flexibility index (Phi) is 3.94. The average molecular weight is 179 g/mol. The predicted molar refractivity (Wildman–Crippen MR) is 47.6 cm³/mol. The lowest BCUT2D eigenvalue weighted by atomic mass is 10.3. The molecule has 68 valence electrons. The van der Waals surface area contributed by atoms with E-state index in [2.05, 4.69) is 16.8 Å². The molecule has 0 radical (unpaired) electrons. The van der Waals surface area contributed by atoms with Crippen LogP contribution in [-0.2, 0) is 6.67 Å². The van der Waals surface area contributed by atoms with Gasteiger partial charge in [-0.05, 0) is 18.1 Å². The maximum absolute atomic E-state index is 12.1. The number of hydrogen-bond donors (Lipinski definition) is 1. The molecule has 0 aliphatic rings. The molecule has 0 aliphatic carbocycles. The van der Waals surface area contributed by atoms with E-state index in [1.54, 1.807) is 18.2 Å². The highest BCUT2D eigenvalue weighted by Gasteiger charge is 1.92. The number of alkyl halides is 1. The summed E-state index contributed by atoms with van der Waals surface area (Å²) in [4.78, 5) is 3.93. The van der Waals surface area contributed by atoms with E-state index >= 15 is 0 Å². The van der Waals surface area contributed by atoms with Gasteiger partial charge in [-0.3, -0.25) is 0 Å². The van der Waals surface area contributed by atoms with Gasteiger partial charge < -0.3 is 5.11 Å². The topological polar surface area (TPSA) is 33.1 Å². The van der Waals surface area contributed by atoms with Gasteiger partial charge in [-0.1, -0.05) is 12.0 Å². The molecule has 3 heteroatoms. The molecule has 0 bridgehead atoms. The number of aliphatic hydroxyl groups is 1. The van der Waals surface area contributed by atoms with Crippen LogP contribution in [0.15, 0.2) is 18.2 Å². The zero-order valence-corrected chi connectivity index (χ0v) is 7.13. The molecule has 2 nitrogen and oxygen atoms in total. The van der Waals surface area contributed by atoms with Crippen molar-refractivity contribution in [3.8, 4) is 11.8 Å². The van der Waals surface area contributed by atoms with Crippen LogP contribution in [-0.4, -0.2) is 16.7 Å². The van der Waals surface area contributed by atoms with Crippen LogP contribution < -0.4 is 0 Å². The van der Waals surface area contributed by atoms with Crippen molar-refractivity contribution in [1.29, 1.82) is 0 Å². The summed E-state index contributed by atoms with van der Waals surface area (Å²) in [5.41, 5.74) is 0.930. The lowest BCUT2D eigenvalue weighted by Gasteiger charge is -1.93. The highest BCUT2D eigenvalue weighted by molar-refractivity contribution is 5.28. The first-order valence-electron chi connectivity index (χ1n) is 3.98. The summed E-state index contributed by atoms with van der Waals surface area (Å²) in [6.07, 6.45) is 0.418. The Balaban J connectivity index is 2.73. The quantitative estimate of drug-likeness (QED) is 0.694. The monoisotopic (exact) mass is 179 g/mol. The van der Waals surface area contributed by atoms with Crippen LogP contribution in [0.4, 0.5) is 4.39 Å². The summed E-state index contributed by atoms with van der Waals surface area (Å²) in [5.74, 6) is 5.45. The van der Waals surface area contributed by atoms with Crippen LogP contribution in [0.1, 0.15) is 17.8 Å². The molecule has 1 aromatic rings. The van der Waals surface area contributed by atoms with Crippen LogP contribution in [0.25, 0.3) is 0 Å². The largest absolute Gasteiger partial charge is 0.395 e. The van der Waals surface area contributed by atoms with E-state index in [-0.39, 0.29) is 6.61 Å². The summed E-state index contributed by atoms with van der Waals surface area (Å²) < 4.78 is 12.1. The van der Waals surface area contributed by atoms with Crippen LogP contribution in [0.3, 0.4) is 0 Å². The second-order valence-corrected chi connectivity index (χ2v) is 2.42. The molecule has 0 unspecified atom stereocenters. The average Bonchev–Trinajstić information content (AvgIpc) is 2.19. The second kappa shape index (κ2) is 5.28. The van der Waals surface area contributed by atoms with E-state index in [0.717, 1.165) is 0 Å². The number of halogens is 1. The summed E-state index contributed by atoms with van der Waals surface area (Å²) in [6.45, 7) is -0.536. The Labute approximate surface area is 76.4 Å². The molecule has 0 fully saturated rings. The molecule has 0 saturated carbocycles. The Bertz CT molecular complexity index is 327. The third-order valence-electron chi connectivity index (χ3n) is 1.40. The van der Waals surface area contributed by atoms with Gasteiger partial charge in [-0.15, -0.1) is 0 Å². The molecule has 0 spiro atoms. The van der Waals surface area contributed by atoms with Gasteiger partial charge in [0.15, 0.2) is 0 Å². The van der Waals surface area contributed by atoms with E-state index in [4.69, 9.17) is 5.11 Å². The molecule has 0 atom stereocenters. The molecule has 0 aromatic carbocycles. The Morgan fingerprint density at radius 1 is 1.46 bits per heavy atom. The SMILES string of the molecule is OCCC#Cc1cccc(CF)n1. The van der Waals surface area contributed by atoms with Crippen molar-refractivity contribution in [2.45, 2.75) is 13.1 Å². The van der Waals surface area contributed by atoms with Crippen LogP contribution in [0, 0.1) is 11.8 Å². The van der Waals surface area contributed by atoms with Gasteiger partial charge in [0.1, 0.15) is 12.4 Å². The van der Waals surface area contributed by atoms with Crippen molar-refractivity contribution in [2.24, 2.45) is 0 Å². The highest BCUT2D eigenvalue weighted by atomic mass is 19.1. The zero-order valence-electron chi connectivity index (χ0n) is 7.13. The lowest BCUT2D eigenvalue weighted by molar-refractivity contribution is 0.305. The fourth-order valence-electron chi connectivity index (χ4n) is 0.833. The molecular formula is C10H10FNO. The minimum absolute atomic E-state index is 0.0375. The number of aliphatic hydroxyl groups excluding tert-OH is 1. The number of pyridine rings is 1. The Morgan fingerprint density at radius 2 is 2.31 bits per heavy atom. The van der Waals surface area contributed by atoms with Gasteiger partial charge >= 0.3 is 0 Å².